The van der Waals surface area contributed by atoms with Crippen LogP contribution in [0.3, 0.4) is 0 Å². The van der Waals surface area contributed by atoms with Crippen molar-refractivity contribution in [3.8, 4) is 0 Å². The second kappa shape index (κ2) is 7.77. The molecule has 1 amide bonds. The van der Waals surface area contributed by atoms with Crippen molar-refractivity contribution < 1.29 is 4.79 Å². The van der Waals surface area contributed by atoms with Crippen molar-refractivity contribution in [3.05, 3.63) is 88.2 Å². The molecule has 3 rings (SSSR count). The predicted octanol–water partition coefficient (Wildman–Crippen LogP) is 3.66. The minimum atomic E-state index is -0.276. The van der Waals surface area contributed by atoms with Gasteiger partial charge in [-0.3, -0.25) is 4.79 Å². The number of amides is 1. The molecular formula is C19H17ClN4O. The van der Waals surface area contributed by atoms with Gasteiger partial charge in [0.15, 0.2) is 0 Å². The molecule has 0 saturated heterocycles. The van der Waals surface area contributed by atoms with Crippen LogP contribution in [0.15, 0.2) is 65.8 Å². The molecule has 0 saturated carbocycles. The number of nitrogens with one attached hydrogen (secondary N) is 1. The van der Waals surface area contributed by atoms with Gasteiger partial charge in [-0.15, -0.1) is 0 Å². The number of aromatic nitrogens is 2. The van der Waals surface area contributed by atoms with E-state index in [2.05, 4.69) is 15.6 Å². The Morgan fingerprint density at radius 2 is 1.80 bits per heavy atom. The summed E-state index contributed by atoms with van der Waals surface area (Å²) < 4.78 is 1.71. The Morgan fingerprint density at radius 1 is 1.16 bits per heavy atom. The standard InChI is InChI=1S/C19H17ClN4O/c1-14-17(12-21-22-19(25)16-10-6-3-7-11-16)18(20)24(23-14)13-15-8-4-2-5-9-15/h2-12H,13H2,1H3,(H,22,25). The summed E-state index contributed by atoms with van der Waals surface area (Å²) in [6.07, 6.45) is 1.52. The predicted molar refractivity (Wildman–Crippen MR) is 99.0 cm³/mol. The van der Waals surface area contributed by atoms with Crippen molar-refractivity contribution in [1.82, 2.24) is 15.2 Å². The smallest absolute Gasteiger partial charge is 0.267 e. The highest BCUT2D eigenvalue weighted by molar-refractivity contribution is 6.32. The topological polar surface area (TPSA) is 59.3 Å². The van der Waals surface area contributed by atoms with E-state index in [0.717, 1.165) is 11.3 Å². The second-order valence-corrected chi connectivity index (χ2v) is 5.86. The molecule has 1 heterocycles. The number of hydrogen-bond donors (Lipinski definition) is 1. The van der Waals surface area contributed by atoms with Crippen LogP contribution >= 0.6 is 11.6 Å². The number of aryl methyl sites for hydroxylation is 1. The number of halogens is 1. The number of nitrogens with zero attached hydrogens (tertiary/aromatic N) is 3. The third kappa shape index (κ3) is 4.14. The Balaban J connectivity index is 1.71. The van der Waals surface area contributed by atoms with Gasteiger partial charge in [-0.1, -0.05) is 60.1 Å². The Bertz CT molecular complexity index is 889. The lowest BCUT2D eigenvalue weighted by Gasteiger charge is -2.03. The van der Waals surface area contributed by atoms with Crippen LogP contribution in [0.25, 0.3) is 0 Å². The Labute approximate surface area is 150 Å². The fraction of sp³-hybridized carbons (Fsp3) is 0.105. The van der Waals surface area contributed by atoms with Crippen LogP contribution in [-0.2, 0) is 6.54 Å². The summed E-state index contributed by atoms with van der Waals surface area (Å²) in [7, 11) is 0. The van der Waals surface area contributed by atoms with Crippen molar-refractivity contribution in [3.63, 3.8) is 0 Å². The number of carbonyl (C=O) groups is 1. The number of hydrazone groups is 1. The van der Waals surface area contributed by atoms with Crippen molar-refractivity contribution >= 4 is 23.7 Å². The molecule has 5 nitrogen and oxygen atoms in total. The van der Waals surface area contributed by atoms with E-state index in [4.69, 9.17) is 11.6 Å². The lowest BCUT2D eigenvalue weighted by atomic mass is 10.2. The molecule has 3 aromatic rings. The van der Waals surface area contributed by atoms with Crippen molar-refractivity contribution in [1.29, 1.82) is 0 Å². The zero-order chi connectivity index (χ0) is 17.6. The van der Waals surface area contributed by atoms with Gasteiger partial charge in [-0.05, 0) is 24.6 Å². The maximum atomic E-state index is 12.0. The van der Waals surface area contributed by atoms with Crippen LogP contribution in [0.5, 0.6) is 0 Å². The first-order valence-electron chi connectivity index (χ1n) is 7.80. The number of rotatable bonds is 5. The molecule has 126 valence electrons. The summed E-state index contributed by atoms with van der Waals surface area (Å²) in [5.74, 6) is -0.276. The molecule has 2 aromatic carbocycles. The van der Waals surface area contributed by atoms with E-state index >= 15 is 0 Å². The normalized spacial score (nSPS) is 11.0. The Kier molecular flexibility index (Phi) is 5.26. The summed E-state index contributed by atoms with van der Waals surface area (Å²) in [6.45, 7) is 2.43. The highest BCUT2D eigenvalue weighted by atomic mass is 35.5. The molecule has 0 aliphatic carbocycles. The van der Waals surface area contributed by atoms with Gasteiger partial charge >= 0.3 is 0 Å². The maximum Gasteiger partial charge on any atom is 0.271 e. The monoisotopic (exact) mass is 352 g/mol. The Morgan fingerprint density at radius 3 is 2.48 bits per heavy atom. The summed E-state index contributed by atoms with van der Waals surface area (Å²) in [5, 5.41) is 8.93. The third-order valence-corrected chi connectivity index (χ3v) is 4.08. The van der Waals surface area contributed by atoms with Gasteiger partial charge in [0, 0.05) is 5.56 Å². The molecule has 0 aliphatic heterocycles. The van der Waals surface area contributed by atoms with Crippen LogP contribution in [0.2, 0.25) is 5.15 Å². The van der Waals surface area contributed by atoms with Crippen LogP contribution < -0.4 is 5.43 Å². The first-order valence-corrected chi connectivity index (χ1v) is 8.18. The van der Waals surface area contributed by atoms with E-state index in [0.29, 0.717) is 22.8 Å². The van der Waals surface area contributed by atoms with Crippen molar-refractivity contribution in [2.24, 2.45) is 5.10 Å². The van der Waals surface area contributed by atoms with Gasteiger partial charge in [0.25, 0.3) is 5.91 Å². The van der Waals surface area contributed by atoms with E-state index in [9.17, 15) is 4.79 Å². The van der Waals surface area contributed by atoms with Crippen LogP contribution in [0.1, 0.15) is 27.2 Å². The molecule has 1 aromatic heterocycles. The van der Waals surface area contributed by atoms with Crippen LogP contribution in [0, 0.1) is 6.92 Å². The fourth-order valence-corrected chi connectivity index (χ4v) is 2.67. The van der Waals surface area contributed by atoms with Crippen molar-refractivity contribution in [2.75, 3.05) is 0 Å². The SMILES string of the molecule is Cc1nn(Cc2ccccc2)c(Cl)c1C=NNC(=O)c1ccccc1. The number of hydrogen-bond acceptors (Lipinski definition) is 3. The van der Waals surface area contributed by atoms with Crippen molar-refractivity contribution in [2.45, 2.75) is 13.5 Å². The summed E-state index contributed by atoms with van der Waals surface area (Å²) in [4.78, 5) is 12.0. The average molecular weight is 353 g/mol. The first-order chi connectivity index (χ1) is 12.1. The lowest BCUT2D eigenvalue weighted by Crippen LogP contribution is -2.17. The minimum absolute atomic E-state index is 0.276. The van der Waals surface area contributed by atoms with Gasteiger partial charge in [0.2, 0.25) is 0 Å². The van der Waals surface area contributed by atoms with Crippen LogP contribution in [0.4, 0.5) is 0 Å². The second-order valence-electron chi connectivity index (χ2n) is 5.50. The molecule has 0 radical (unpaired) electrons. The number of benzene rings is 2. The molecular weight excluding hydrogens is 336 g/mol. The zero-order valence-corrected chi connectivity index (χ0v) is 14.4. The molecule has 0 fully saturated rings. The van der Waals surface area contributed by atoms with Gasteiger partial charge in [-0.2, -0.15) is 10.2 Å². The molecule has 0 bridgehead atoms. The van der Waals surface area contributed by atoms with E-state index in [-0.39, 0.29) is 5.91 Å². The van der Waals surface area contributed by atoms with Crippen LogP contribution in [-0.4, -0.2) is 21.9 Å². The van der Waals surface area contributed by atoms with Gasteiger partial charge in [-0.25, -0.2) is 10.1 Å². The molecule has 25 heavy (non-hydrogen) atoms. The quantitative estimate of drug-likeness (QED) is 0.562. The maximum absolute atomic E-state index is 12.0. The summed E-state index contributed by atoms with van der Waals surface area (Å²) in [6, 6.07) is 18.8. The van der Waals surface area contributed by atoms with Gasteiger partial charge in [0.1, 0.15) is 5.15 Å². The van der Waals surface area contributed by atoms with Gasteiger partial charge in [0.05, 0.1) is 24.0 Å². The molecule has 6 heteroatoms. The lowest BCUT2D eigenvalue weighted by molar-refractivity contribution is 0.0955. The fourth-order valence-electron chi connectivity index (χ4n) is 2.38. The first kappa shape index (κ1) is 16.9. The summed E-state index contributed by atoms with van der Waals surface area (Å²) >= 11 is 6.41. The van der Waals surface area contributed by atoms with E-state index in [1.807, 2.05) is 43.3 Å². The molecule has 0 atom stereocenters. The Hall–Kier alpha value is -2.92. The molecule has 0 unspecified atom stereocenters. The van der Waals surface area contributed by atoms with Gasteiger partial charge < -0.3 is 0 Å². The minimum Gasteiger partial charge on any atom is -0.267 e. The highest BCUT2D eigenvalue weighted by Crippen LogP contribution is 2.19. The number of carbonyl (C=O) groups excluding carboxylic acids is 1. The largest absolute Gasteiger partial charge is 0.271 e. The summed E-state index contributed by atoms with van der Waals surface area (Å²) in [5.41, 5.74) is 5.58. The van der Waals surface area contributed by atoms with E-state index < -0.39 is 0 Å². The molecule has 0 aliphatic rings. The highest BCUT2D eigenvalue weighted by Gasteiger charge is 2.12. The van der Waals surface area contributed by atoms with E-state index in [1.165, 1.54) is 6.21 Å². The third-order valence-electron chi connectivity index (χ3n) is 3.68. The molecule has 1 N–H and O–H groups in total. The van der Waals surface area contributed by atoms with E-state index in [1.54, 1.807) is 28.9 Å². The average Bonchev–Trinajstić information content (AvgIpc) is 2.90. The molecule has 0 spiro atoms. The zero-order valence-electron chi connectivity index (χ0n) is 13.7.